The highest BCUT2D eigenvalue weighted by Gasteiger charge is 2.37. The van der Waals surface area contributed by atoms with E-state index >= 15 is 0 Å². The van der Waals surface area contributed by atoms with Gasteiger partial charge in [0.25, 0.3) is 5.56 Å². The minimum Gasteiger partial charge on any atom is -0.453 e. The molecule has 1 aromatic carbocycles. The summed E-state index contributed by atoms with van der Waals surface area (Å²) in [4.78, 5) is 24.5. The fourth-order valence-corrected chi connectivity index (χ4v) is 3.15. The number of ether oxygens (including phenoxy) is 1. The third kappa shape index (κ3) is 3.26. The van der Waals surface area contributed by atoms with E-state index in [4.69, 9.17) is 9.26 Å². The molecule has 134 valence electrons. The molecule has 0 spiro atoms. The zero-order valence-electron chi connectivity index (χ0n) is 13.2. The van der Waals surface area contributed by atoms with E-state index in [9.17, 15) is 22.8 Å². The van der Waals surface area contributed by atoms with E-state index in [0.29, 0.717) is 18.2 Å². The third-order valence-corrected chi connectivity index (χ3v) is 4.36. The first kappa shape index (κ1) is 17.1. The summed E-state index contributed by atoms with van der Waals surface area (Å²) in [6.07, 6.45) is -0.0987. The zero-order chi connectivity index (χ0) is 18.1. The van der Waals surface area contributed by atoms with Crippen LogP contribution in [-0.4, -0.2) is 29.8 Å². The highest BCUT2D eigenvalue weighted by molar-refractivity contribution is 5.68. The standard InChI is InChI=1S/C16H15F3N2O4/c1-24-16(23)21-3-2-8(14-7-15(22)20-25-14)4-13(21)9-5-11(18)12(19)6-10(9)17/h5-8,13H,2-4H2,1H3,(H,20,22)/t8-,13+/m1/s1. The van der Waals surface area contributed by atoms with Crippen molar-refractivity contribution in [1.82, 2.24) is 10.1 Å². The summed E-state index contributed by atoms with van der Waals surface area (Å²) < 4.78 is 50.8. The molecule has 2 aromatic rings. The number of rotatable bonds is 2. The number of hydrogen-bond acceptors (Lipinski definition) is 4. The first-order chi connectivity index (χ1) is 11.9. The van der Waals surface area contributed by atoms with Crippen molar-refractivity contribution in [2.45, 2.75) is 24.8 Å². The number of halogens is 3. The molecule has 0 aliphatic carbocycles. The second-order valence-corrected chi connectivity index (χ2v) is 5.80. The van der Waals surface area contributed by atoms with Crippen LogP contribution in [0.1, 0.15) is 36.1 Å². The maximum absolute atomic E-state index is 14.2. The first-order valence-corrected chi connectivity index (χ1v) is 7.58. The molecular weight excluding hydrogens is 341 g/mol. The highest BCUT2D eigenvalue weighted by Crippen LogP contribution is 2.40. The van der Waals surface area contributed by atoms with Crippen LogP contribution in [0.4, 0.5) is 18.0 Å². The lowest BCUT2D eigenvalue weighted by Gasteiger charge is -2.38. The molecule has 0 radical (unpaired) electrons. The molecular formula is C16H15F3N2O4. The van der Waals surface area contributed by atoms with Gasteiger partial charge in [-0.2, -0.15) is 5.16 Å². The van der Waals surface area contributed by atoms with Crippen molar-refractivity contribution >= 4 is 6.09 Å². The predicted octanol–water partition coefficient (Wildman–Crippen LogP) is 3.07. The number of benzene rings is 1. The summed E-state index contributed by atoms with van der Waals surface area (Å²) in [5.74, 6) is -3.42. The van der Waals surface area contributed by atoms with Gasteiger partial charge in [0.2, 0.25) is 0 Å². The molecule has 2 atom stereocenters. The Balaban J connectivity index is 1.99. The first-order valence-electron chi connectivity index (χ1n) is 7.58. The molecule has 9 heteroatoms. The monoisotopic (exact) mass is 356 g/mol. The van der Waals surface area contributed by atoms with Gasteiger partial charge in [0.05, 0.1) is 13.2 Å². The van der Waals surface area contributed by atoms with Crippen LogP contribution < -0.4 is 5.56 Å². The molecule has 25 heavy (non-hydrogen) atoms. The summed E-state index contributed by atoms with van der Waals surface area (Å²) in [6.45, 7) is 0.176. The van der Waals surface area contributed by atoms with Crippen molar-refractivity contribution in [3.05, 3.63) is 57.3 Å². The number of carbonyl (C=O) groups excluding carboxylic acids is 1. The minimum absolute atomic E-state index is 0.160. The van der Waals surface area contributed by atoms with Crippen molar-refractivity contribution in [1.29, 1.82) is 0 Å². The van der Waals surface area contributed by atoms with Gasteiger partial charge in [-0.25, -0.2) is 18.0 Å². The van der Waals surface area contributed by atoms with Gasteiger partial charge in [0.1, 0.15) is 11.6 Å². The largest absolute Gasteiger partial charge is 0.453 e. The van der Waals surface area contributed by atoms with Crippen molar-refractivity contribution in [3.8, 4) is 0 Å². The van der Waals surface area contributed by atoms with Gasteiger partial charge in [-0.05, 0) is 18.9 Å². The molecule has 0 unspecified atom stereocenters. The Kier molecular flexibility index (Phi) is 4.56. The number of likely N-dealkylation sites (tertiary alicyclic amines) is 1. The van der Waals surface area contributed by atoms with Crippen molar-refractivity contribution < 1.29 is 27.2 Å². The Labute approximate surface area is 140 Å². The summed E-state index contributed by atoms with van der Waals surface area (Å²) in [7, 11) is 1.18. The van der Waals surface area contributed by atoms with E-state index in [1.807, 2.05) is 0 Å². The van der Waals surface area contributed by atoms with Gasteiger partial charge in [-0.15, -0.1) is 0 Å². The number of piperidine rings is 1. The quantitative estimate of drug-likeness (QED) is 0.839. The Morgan fingerprint density at radius 3 is 2.60 bits per heavy atom. The van der Waals surface area contributed by atoms with Crippen LogP contribution in [0, 0.1) is 17.5 Å². The Hall–Kier alpha value is -2.71. The summed E-state index contributed by atoms with van der Waals surface area (Å²) in [6, 6.07) is 1.57. The van der Waals surface area contributed by atoms with Crippen molar-refractivity contribution in [2.24, 2.45) is 0 Å². The normalized spacial score (nSPS) is 20.6. The van der Waals surface area contributed by atoms with Crippen molar-refractivity contribution in [3.63, 3.8) is 0 Å². The number of aromatic nitrogens is 1. The number of nitrogens with zero attached hydrogens (tertiary/aromatic N) is 1. The molecule has 1 fully saturated rings. The average molecular weight is 356 g/mol. The highest BCUT2D eigenvalue weighted by atomic mass is 19.2. The zero-order valence-corrected chi connectivity index (χ0v) is 13.2. The average Bonchev–Trinajstić information content (AvgIpc) is 3.03. The number of nitrogens with one attached hydrogen (secondary N) is 1. The smallest absolute Gasteiger partial charge is 0.409 e. The van der Waals surface area contributed by atoms with Crippen LogP contribution in [0.5, 0.6) is 0 Å². The molecule has 1 N–H and O–H groups in total. The number of aromatic amines is 1. The molecule has 1 aliphatic heterocycles. The molecule has 1 aliphatic rings. The molecule has 3 rings (SSSR count). The van der Waals surface area contributed by atoms with Crippen LogP contribution in [0.2, 0.25) is 0 Å². The predicted molar refractivity (Wildman–Crippen MR) is 79.5 cm³/mol. The van der Waals surface area contributed by atoms with E-state index in [1.54, 1.807) is 0 Å². The molecule has 1 aromatic heterocycles. The fourth-order valence-electron chi connectivity index (χ4n) is 3.15. The Morgan fingerprint density at radius 2 is 1.96 bits per heavy atom. The van der Waals surface area contributed by atoms with Crippen molar-refractivity contribution in [2.75, 3.05) is 13.7 Å². The maximum atomic E-state index is 14.2. The summed E-state index contributed by atoms with van der Waals surface area (Å²) in [5.41, 5.74) is -0.576. The van der Waals surface area contributed by atoms with Gasteiger partial charge in [-0.3, -0.25) is 4.79 Å². The fraction of sp³-hybridized carbons (Fsp3) is 0.375. The van der Waals surface area contributed by atoms with Crippen LogP contribution in [0.25, 0.3) is 0 Å². The van der Waals surface area contributed by atoms with Crippen LogP contribution in [-0.2, 0) is 4.74 Å². The number of hydrogen-bond donors (Lipinski definition) is 1. The molecule has 0 saturated carbocycles. The minimum atomic E-state index is -1.31. The molecule has 2 heterocycles. The van der Waals surface area contributed by atoms with Gasteiger partial charge >= 0.3 is 6.09 Å². The Bertz CT molecular complexity index is 848. The number of H-pyrrole nitrogens is 1. The maximum Gasteiger partial charge on any atom is 0.409 e. The van der Waals surface area contributed by atoms with E-state index in [2.05, 4.69) is 5.16 Å². The molecule has 1 amide bonds. The SMILES string of the molecule is COC(=O)N1CC[C@@H](c2cc(=O)[nH]o2)C[C@H]1c1cc(F)c(F)cc1F. The van der Waals surface area contributed by atoms with Gasteiger partial charge in [0.15, 0.2) is 11.6 Å². The summed E-state index contributed by atoms with van der Waals surface area (Å²) >= 11 is 0. The van der Waals surface area contributed by atoms with E-state index in [-0.39, 0.29) is 24.4 Å². The lowest BCUT2D eigenvalue weighted by molar-refractivity contribution is 0.0802. The molecule has 6 nitrogen and oxygen atoms in total. The Morgan fingerprint density at radius 1 is 1.24 bits per heavy atom. The van der Waals surface area contributed by atoms with E-state index < -0.39 is 35.1 Å². The van der Waals surface area contributed by atoms with Crippen LogP contribution in [0.3, 0.4) is 0 Å². The second kappa shape index (κ2) is 6.66. The van der Waals surface area contributed by atoms with Crippen LogP contribution in [0.15, 0.2) is 27.5 Å². The second-order valence-electron chi connectivity index (χ2n) is 5.80. The van der Waals surface area contributed by atoms with E-state index in [1.165, 1.54) is 18.1 Å². The van der Waals surface area contributed by atoms with Crippen LogP contribution >= 0.6 is 0 Å². The lowest BCUT2D eigenvalue weighted by Crippen LogP contribution is -2.41. The third-order valence-electron chi connectivity index (χ3n) is 4.36. The summed E-state index contributed by atoms with van der Waals surface area (Å²) in [5, 5.41) is 2.17. The number of amides is 1. The molecule has 0 bridgehead atoms. The van der Waals surface area contributed by atoms with Gasteiger partial charge in [0, 0.05) is 30.2 Å². The van der Waals surface area contributed by atoms with E-state index in [0.717, 1.165) is 6.07 Å². The van der Waals surface area contributed by atoms with Gasteiger partial charge < -0.3 is 14.2 Å². The number of carbonyl (C=O) groups is 1. The topological polar surface area (TPSA) is 75.5 Å². The number of methoxy groups -OCH3 is 1. The van der Waals surface area contributed by atoms with Gasteiger partial charge in [-0.1, -0.05) is 0 Å². The molecule has 1 saturated heterocycles. The lowest BCUT2D eigenvalue weighted by atomic mass is 9.85.